The number of nitrogens with zero attached hydrogens (tertiary/aromatic N) is 1. The molecule has 96 valence electrons. The fraction of sp³-hybridized carbons (Fsp3) is 1.00. The highest BCUT2D eigenvalue weighted by Crippen LogP contribution is 2.29. The van der Waals surface area contributed by atoms with Crippen LogP contribution in [0.4, 0.5) is 0 Å². The van der Waals surface area contributed by atoms with Crippen molar-refractivity contribution in [2.75, 3.05) is 18.4 Å². The van der Waals surface area contributed by atoms with Crippen molar-refractivity contribution in [2.24, 2.45) is 11.8 Å². The molecule has 1 nitrogen and oxygen atoms in total. The van der Waals surface area contributed by atoms with E-state index < -0.39 is 0 Å². The van der Waals surface area contributed by atoms with E-state index in [9.17, 15) is 0 Å². The zero-order chi connectivity index (χ0) is 12.0. The number of alkyl halides is 1. The first-order valence-corrected chi connectivity index (χ1v) is 8.09. The zero-order valence-electron chi connectivity index (χ0n) is 11.2. The molecule has 1 fully saturated rings. The van der Waals surface area contributed by atoms with Crippen LogP contribution < -0.4 is 0 Å². The lowest BCUT2D eigenvalue weighted by molar-refractivity contribution is 0.213. The molecule has 16 heavy (non-hydrogen) atoms. The molecule has 2 heteroatoms. The van der Waals surface area contributed by atoms with Gasteiger partial charge in [0.2, 0.25) is 0 Å². The summed E-state index contributed by atoms with van der Waals surface area (Å²) in [5.41, 5.74) is 0. The molecule has 0 aromatic carbocycles. The molecule has 1 atom stereocenters. The van der Waals surface area contributed by atoms with E-state index in [0.717, 1.165) is 17.9 Å². The van der Waals surface area contributed by atoms with E-state index in [2.05, 4.69) is 41.6 Å². The van der Waals surface area contributed by atoms with Gasteiger partial charge in [0.25, 0.3) is 0 Å². The van der Waals surface area contributed by atoms with Crippen molar-refractivity contribution in [1.29, 1.82) is 0 Å². The summed E-state index contributed by atoms with van der Waals surface area (Å²) in [5, 5.41) is 1.17. The van der Waals surface area contributed by atoms with Crippen molar-refractivity contribution in [3.63, 3.8) is 0 Å². The second-order valence-corrected chi connectivity index (χ2v) is 6.37. The number of halogens is 1. The lowest BCUT2D eigenvalue weighted by Crippen LogP contribution is -2.33. The maximum Gasteiger partial charge on any atom is 0.00965 e. The van der Waals surface area contributed by atoms with Gasteiger partial charge in [-0.3, -0.25) is 0 Å². The van der Waals surface area contributed by atoms with Crippen molar-refractivity contribution in [2.45, 2.75) is 58.9 Å². The average molecular weight is 290 g/mol. The number of hydrogen-bond donors (Lipinski definition) is 0. The van der Waals surface area contributed by atoms with E-state index in [4.69, 9.17) is 0 Å². The third-order valence-corrected chi connectivity index (χ3v) is 4.38. The van der Waals surface area contributed by atoms with Crippen LogP contribution in [0, 0.1) is 11.8 Å². The number of rotatable bonds is 9. The molecule has 1 unspecified atom stereocenters. The molecule has 0 aliphatic heterocycles. The van der Waals surface area contributed by atoms with E-state index in [-0.39, 0.29) is 0 Å². The van der Waals surface area contributed by atoms with Crippen LogP contribution in [-0.2, 0) is 0 Å². The summed E-state index contributed by atoms with van der Waals surface area (Å²) in [6.45, 7) is 9.59. The van der Waals surface area contributed by atoms with Gasteiger partial charge in [0, 0.05) is 17.9 Å². The largest absolute Gasteiger partial charge is 0.300 e. The van der Waals surface area contributed by atoms with Gasteiger partial charge in [-0.2, -0.15) is 0 Å². The molecule has 0 radical (unpaired) electrons. The Hall–Kier alpha value is 0.440. The van der Waals surface area contributed by atoms with Crippen LogP contribution in [0.2, 0.25) is 0 Å². The minimum Gasteiger partial charge on any atom is -0.300 e. The van der Waals surface area contributed by atoms with E-state index in [0.29, 0.717) is 0 Å². The predicted octanol–water partition coefficient (Wildman–Crippen LogP) is 4.31. The van der Waals surface area contributed by atoms with Gasteiger partial charge in [-0.1, -0.05) is 43.1 Å². The second-order valence-electron chi connectivity index (χ2n) is 5.72. The molecule has 0 aromatic rings. The van der Waals surface area contributed by atoms with Crippen molar-refractivity contribution in [1.82, 2.24) is 4.90 Å². The first kappa shape index (κ1) is 14.5. The Kier molecular flexibility index (Phi) is 6.98. The van der Waals surface area contributed by atoms with Gasteiger partial charge in [0.05, 0.1) is 0 Å². The summed E-state index contributed by atoms with van der Waals surface area (Å²) >= 11 is 3.67. The molecule has 0 aromatic heterocycles. The minimum atomic E-state index is 0.842. The quantitative estimate of drug-likeness (QED) is 0.572. The van der Waals surface area contributed by atoms with Gasteiger partial charge in [0.1, 0.15) is 0 Å². The van der Waals surface area contributed by atoms with Crippen LogP contribution in [0.15, 0.2) is 0 Å². The summed E-state index contributed by atoms with van der Waals surface area (Å²) in [6.07, 6.45) is 6.94. The Morgan fingerprint density at radius 2 is 1.94 bits per heavy atom. The Labute approximate surface area is 110 Å². The zero-order valence-corrected chi connectivity index (χ0v) is 12.8. The third-order valence-electron chi connectivity index (χ3n) is 3.46. The summed E-state index contributed by atoms with van der Waals surface area (Å²) in [4.78, 5) is 2.75. The number of hydrogen-bond acceptors (Lipinski definition) is 1. The van der Waals surface area contributed by atoms with Crippen molar-refractivity contribution < 1.29 is 0 Å². The lowest BCUT2D eigenvalue weighted by atomic mass is 10.0. The molecule has 1 rings (SSSR count). The molecule has 0 N–H and O–H groups in total. The third kappa shape index (κ3) is 5.67. The van der Waals surface area contributed by atoms with Crippen molar-refractivity contribution >= 4 is 15.9 Å². The molecule has 0 spiro atoms. The summed E-state index contributed by atoms with van der Waals surface area (Å²) in [6, 6.07) is 0.928. The Bertz CT molecular complexity index is 178. The Balaban J connectivity index is 2.31. The standard InChI is InChI=1S/C14H28BrN/c1-4-5-13(10-15)11-16(14-6-7-14)9-8-12(2)3/h12-14H,4-11H2,1-3H3. The normalized spacial score (nSPS) is 18.4. The molecule has 0 heterocycles. The van der Waals surface area contributed by atoms with E-state index >= 15 is 0 Å². The molecule has 1 aliphatic rings. The highest BCUT2D eigenvalue weighted by atomic mass is 79.9. The minimum absolute atomic E-state index is 0.842. The summed E-state index contributed by atoms with van der Waals surface area (Å²) < 4.78 is 0. The molecule has 0 saturated heterocycles. The fourth-order valence-electron chi connectivity index (χ4n) is 2.24. The SMILES string of the molecule is CCCC(CBr)CN(CCC(C)C)C1CC1. The second kappa shape index (κ2) is 7.71. The summed E-state index contributed by atoms with van der Waals surface area (Å²) in [5.74, 6) is 1.70. The van der Waals surface area contributed by atoms with Crippen LogP contribution in [0.1, 0.15) is 52.9 Å². The van der Waals surface area contributed by atoms with Crippen molar-refractivity contribution in [3.05, 3.63) is 0 Å². The molecular formula is C14H28BrN. The van der Waals surface area contributed by atoms with Gasteiger partial charge < -0.3 is 4.90 Å². The van der Waals surface area contributed by atoms with Gasteiger partial charge in [0.15, 0.2) is 0 Å². The molecule has 1 aliphatic carbocycles. The van der Waals surface area contributed by atoms with Crippen LogP contribution in [0.5, 0.6) is 0 Å². The van der Waals surface area contributed by atoms with Crippen molar-refractivity contribution in [3.8, 4) is 0 Å². The van der Waals surface area contributed by atoms with Crippen LogP contribution in [-0.4, -0.2) is 29.4 Å². The molecular weight excluding hydrogens is 262 g/mol. The first-order valence-electron chi connectivity index (χ1n) is 6.97. The van der Waals surface area contributed by atoms with E-state index in [1.165, 1.54) is 50.5 Å². The van der Waals surface area contributed by atoms with Gasteiger partial charge in [-0.25, -0.2) is 0 Å². The Morgan fingerprint density at radius 3 is 2.38 bits per heavy atom. The van der Waals surface area contributed by atoms with E-state index in [1.807, 2.05) is 0 Å². The van der Waals surface area contributed by atoms with Gasteiger partial charge >= 0.3 is 0 Å². The maximum atomic E-state index is 3.67. The van der Waals surface area contributed by atoms with Crippen LogP contribution in [0.3, 0.4) is 0 Å². The molecule has 1 saturated carbocycles. The smallest absolute Gasteiger partial charge is 0.00965 e. The van der Waals surface area contributed by atoms with E-state index in [1.54, 1.807) is 0 Å². The van der Waals surface area contributed by atoms with Gasteiger partial charge in [-0.15, -0.1) is 0 Å². The maximum absolute atomic E-state index is 3.67. The monoisotopic (exact) mass is 289 g/mol. The fourth-order valence-corrected chi connectivity index (χ4v) is 2.77. The lowest BCUT2D eigenvalue weighted by Gasteiger charge is -2.27. The van der Waals surface area contributed by atoms with Crippen LogP contribution >= 0.6 is 15.9 Å². The Morgan fingerprint density at radius 1 is 1.25 bits per heavy atom. The van der Waals surface area contributed by atoms with Crippen LogP contribution in [0.25, 0.3) is 0 Å². The highest BCUT2D eigenvalue weighted by molar-refractivity contribution is 9.09. The average Bonchev–Trinajstić information content (AvgIpc) is 3.06. The molecule has 0 bridgehead atoms. The predicted molar refractivity (Wildman–Crippen MR) is 76.2 cm³/mol. The molecule has 0 amide bonds. The first-order chi connectivity index (χ1) is 7.67. The highest BCUT2D eigenvalue weighted by Gasteiger charge is 2.29. The summed E-state index contributed by atoms with van der Waals surface area (Å²) in [7, 11) is 0. The topological polar surface area (TPSA) is 3.24 Å². The van der Waals surface area contributed by atoms with Gasteiger partial charge in [-0.05, 0) is 44.1 Å².